The van der Waals surface area contributed by atoms with Crippen LogP contribution in [-0.2, 0) is 6.54 Å². The van der Waals surface area contributed by atoms with E-state index in [9.17, 15) is 9.59 Å². The summed E-state index contributed by atoms with van der Waals surface area (Å²) in [5, 5.41) is 13.8. The monoisotopic (exact) mass is 478 g/mol. The van der Waals surface area contributed by atoms with Crippen LogP contribution in [0.25, 0.3) is 5.57 Å². The second-order valence-electron chi connectivity index (χ2n) is 9.51. The van der Waals surface area contributed by atoms with Gasteiger partial charge in [0, 0.05) is 73.2 Å². The molecule has 1 aliphatic carbocycles. The number of hydrogen-bond donors (Lipinski definition) is 5. The van der Waals surface area contributed by atoms with Gasteiger partial charge in [-0.25, -0.2) is 0 Å². The molecule has 1 heterocycles. The lowest BCUT2D eigenvalue weighted by molar-refractivity contribution is 0.0950. The lowest BCUT2D eigenvalue weighted by Gasteiger charge is -2.36. The second-order valence-corrected chi connectivity index (χ2v) is 9.51. The molecule has 1 fully saturated rings. The van der Waals surface area contributed by atoms with Gasteiger partial charge < -0.3 is 31.7 Å². The van der Waals surface area contributed by atoms with Crippen LogP contribution in [0.4, 0.5) is 5.69 Å². The van der Waals surface area contributed by atoms with Gasteiger partial charge >= 0.3 is 0 Å². The molecule has 0 saturated heterocycles. The van der Waals surface area contributed by atoms with E-state index in [0.717, 1.165) is 53.8 Å². The Hall–Kier alpha value is -3.39. The smallest absolute Gasteiger partial charge is 0.253 e. The molecule has 35 heavy (non-hydrogen) atoms. The van der Waals surface area contributed by atoms with Crippen molar-refractivity contribution in [1.29, 1.82) is 5.41 Å². The Kier molecular flexibility index (Phi) is 8.51. The van der Waals surface area contributed by atoms with Crippen LogP contribution >= 0.6 is 0 Å². The van der Waals surface area contributed by atoms with Gasteiger partial charge in [0.25, 0.3) is 11.5 Å². The van der Waals surface area contributed by atoms with Gasteiger partial charge in [0.15, 0.2) is 0 Å². The fourth-order valence-corrected chi connectivity index (χ4v) is 4.88. The van der Waals surface area contributed by atoms with Crippen molar-refractivity contribution < 1.29 is 4.79 Å². The molecule has 0 bridgehead atoms. The molecule has 3 rings (SSSR count). The summed E-state index contributed by atoms with van der Waals surface area (Å²) in [5.74, 6) is -0.252. The highest BCUT2D eigenvalue weighted by molar-refractivity contribution is 6.10. The molecule has 0 aliphatic heterocycles. The molecule has 6 N–H and O–H groups in total. The standard InChI is InChI=1S/C27H38N6O2/c1-16-10-17(2)32-27(35)24(16)15-31-26(34)23-11-19(20(13-28)14-30-4)12-25(18(23)3)33(5)22-8-6-21(29)7-9-22/h10-14,21-22,28,30H,6-9,15,29H2,1-5H3,(H,31,34)(H,32,35)/b20-14+,28-13?. The Balaban J connectivity index is 1.98. The Labute approximate surface area is 207 Å². The highest BCUT2D eigenvalue weighted by Gasteiger charge is 2.25. The summed E-state index contributed by atoms with van der Waals surface area (Å²) in [7, 11) is 3.85. The first-order chi connectivity index (χ1) is 16.7. The molecule has 0 atom stereocenters. The van der Waals surface area contributed by atoms with Gasteiger partial charge in [-0.2, -0.15) is 0 Å². The molecule has 1 saturated carbocycles. The van der Waals surface area contributed by atoms with Crippen molar-refractivity contribution in [1.82, 2.24) is 15.6 Å². The maximum absolute atomic E-state index is 13.4. The van der Waals surface area contributed by atoms with Gasteiger partial charge in [0.05, 0.1) is 0 Å². The van der Waals surface area contributed by atoms with E-state index in [1.54, 1.807) is 13.2 Å². The minimum atomic E-state index is -0.252. The van der Waals surface area contributed by atoms with Crippen molar-refractivity contribution in [3.8, 4) is 0 Å². The molecular formula is C27H38N6O2. The van der Waals surface area contributed by atoms with Gasteiger partial charge in [-0.3, -0.25) is 9.59 Å². The summed E-state index contributed by atoms with van der Waals surface area (Å²) in [6, 6.07) is 6.36. The Bertz CT molecular complexity index is 1170. The van der Waals surface area contributed by atoms with Crippen molar-refractivity contribution in [2.24, 2.45) is 5.73 Å². The molecule has 1 aromatic carbocycles. The summed E-state index contributed by atoms with van der Waals surface area (Å²) in [6.45, 7) is 5.80. The van der Waals surface area contributed by atoms with Crippen molar-refractivity contribution in [2.45, 2.75) is 65.1 Å². The summed E-state index contributed by atoms with van der Waals surface area (Å²) < 4.78 is 0. The van der Waals surface area contributed by atoms with Crippen molar-refractivity contribution in [3.05, 3.63) is 68.3 Å². The Morgan fingerprint density at radius 3 is 2.49 bits per heavy atom. The lowest BCUT2D eigenvalue weighted by Crippen LogP contribution is -2.39. The maximum atomic E-state index is 13.4. The number of pyridine rings is 1. The predicted molar refractivity (Wildman–Crippen MR) is 143 cm³/mol. The number of amides is 1. The van der Waals surface area contributed by atoms with Gasteiger partial charge in [-0.05, 0) is 81.3 Å². The van der Waals surface area contributed by atoms with Crippen LogP contribution in [0.15, 0.2) is 29.2 Å². The lowest BCUT2D eigenvalue weighted by atomic mass is 9.89. The number of H-pyrrole nitrogens is 1. The molecule has 8 heteroatoms. The number of aromatic amines is 1. The zero-order chi connectivity index (χ0) is 25.7. The summed E-state index contributed by atoms with van der Waals surface area (Å²) in [5.41, 5.74) is 11.9. The number of nitrogens with zero attached hydrogens (tertiary/aromatic N) is 1. The molecule has 1 aromatic heterocycles. The average Bonchev–Trinajstić information content (AvgIpc) is 2.82. The molecule has 0 spiro atoms. The Morgan fingerprint density at radius 1 is 1.20 bits per heavy atom. The number of allylic oxidation sites excluding steroid dienone is 1. The van der Waals surface area contributed by atoms with E-state index in [2.05, 4.69) is 27.6 Å². The van der Waals surface area contributed by atoms with Crippen LogP contribution in [0.1, 0.15) is 64.0 Å². The third-order valence-electron chi connectivity index (χ3n) is 7.00. The van der Waals surface area contributed by atoms with Gasteiger partial charge in [-0.1, -0.05) is 0 Å². The molecule has 0 unspecified atom stereocenters. The second kappa shape index (κ2) is 11.4. The number of aromatic nitrogens is 1. The molecular weight excluding hydrogens is 440 g/mol. The van der Waals surface area contributed by atoms with Crippen LogP contribution in [-0.4, -0.2) is 43.3 Å². The van der Waals surface area contributed by atoms with Crippen molar-refractivity contribution in [3.63, 3.8) is 0 Å². The molecule has 8 nitrogen and oxygen atoms in total. The molecule has 0 radical (unpaired) electrons. The quantitative estimate of drug-likeness (QED) is 0.373. The number of hydrogen-bond acceptors (Lipinski definition) is 6. The summed E-state index contributed by atoms with van der Waals surface area (Å²) >= 11 is 0. The van der Waals surface area contributed by atoms with E-state index in [1.807, 2.05) is 39.0 Å². The maximum Gasteiger partial charge on any atom is 0.253 e. The van der Waals surface area contributed by atoms with Crippen molar-refractivity contribution >= 4 is 23.4 Å². The number of nitrogens with one attached hydrogen (secondary N) is 4. The SMILES string of the molecule is CN/C=C(\C=N)c1cc(C(=O)NCc2c(C)cc(C)[nH]c2=O)c(C)c(N(C)C2CCC(N)CC2)c1. The summed E-state index contributed by atoms with van der Waals surface area (Å²) in [4.78, 5) is 30.9. The van der Waals surface area contributed by atoms with E-state index in [4.69, 9.17) is 11.1 Å². The minimum absolute atomic E-state index is 0.138. The molecule has 188 valence electrons. The van der Waals surface area contributed by atoms with Gasteiger partial charge in [0.2, 0.25) is 0 Å². The first kappa shape index (κ1) is 26.2. The Morgan fingerprint density at radius 2 is 1.89 bits per heavy atom. The zero-order valence-electron chi connectivity index (χ0n) is 21.4. The van der Waals surface area contributed by atoms with Gasteiger partial charge in [-0.15, -0.1) is 0 Å². The van der Waals surface area contributed by atoms with E-state index < -0.39 is 0 Å². The number of carbonyl (C=O) groups is 1. The van der Waals surface area contributed by atoms with Crippen molar-refractivity contribution in [2.75, 3.05) is 19.0 Å². The highest BCUT2D eigenvalue weighted by Crippen LogP contribution is 2.32. The number of anilines is 1. The third kappa shape index (κ3) is 6.00. The number of nitrogens with two attached hydrogens (primary N) is 1. The molecule has 1 amide bonds. The van der Waals surface area contributed by atoms with Crippen LogP contribution < -0.4 is 26.8 Å². The molecule has 1 aliphatic rings. The number of rotatable bonds is 8. The largest absolute Gasteiger partial charge is 0.393 e. The number of aryl methyl sites for hydroxylation is 2. The van der Waals surface area contributed by atoms with Gasteiger partial charge in [0.1, 0.15) is 0 Å². The number of carbonyl (C=O) groups excluding carboxylic acids is 1. The minimum Gasteiger partial charge on any atom is -0.393 e. The first-order valence-electron chi connectivity index (χ1n) is 12.1. The number of benzene rings is 1. The van der Waals surface area contributed by atoms with E-state index >= 15 is 0 Å². The van der Waals surface area contributed by atoms with Crippen LogP contribution in [0.3, 0.4) is 0 Å². The fourth-order valence-electron chi connectivity index (χ4n) is 4.88. The highest BCUT2D eigenvalue weighted by atomic mass is 16.1. The van der Waals surface area contributed by atoms with E-state index in [1.165, 1.54) is 6.21 Å². The molecule has 2 aromatic rings. The average molecular weight is 479 g/mol. The zero-order valence-corrected chi connectivity index (χ0v) is 21.4. The van der Waals surface area contributed by atoms with E-state index in [-0.39, 0.29) is 24.1 Å². The van der Waals surface area contributed by atoms with E-state index in [0.29, 0.717) is 22.7 Å². The topological polar surface area (TPSA) is 127 Å². The normalized spacial score (nSPS) is 18.2. The predicted octanol–water partition coefficient (Wildman–Crippen LogP) is 3.15. The van der Waals surface area contributed by atoms with Crippen LogP contribution in [0.5, 0.6) is 0 Å². The summed E-state index contributed by atoms with van der Waals surface area (Å²) in [6.07, 6.45) is 7.00. The third-order valence-corrected chi connectivity index (χ3v) is 7.00. The van der Waals surface area contributed by atoms with Crippen LogP contribution in [0, 0.1) is 26.2 Å². The van der Waals surface area contributed by atoms with Crippen LogP contribution in [0.2, 0.25) is 0 Å². The first-order valence-corrected chi connectivity index (χ1v) is 12.1. The fraction of sp³-hybridized carbons (Fsp3) is 0.444.